The Kier molecular flexibility index (Phi) is 10.4. The van der Waals surface area contributed by atoms with Crippen LogP contribution in [0, 0.1) is 39.8 Å². The van der Waals surface area contributed by atoms with Gasteiger partial charge in [-0.1, -0.05) is 83.8 Å². The molecule has 0 aliphatic heterocycles. The number of pyridine rings is 1. The van der Waals surface area contributed by atoms with Crippen LogP contribution in [-0.4, -0.2) is 19.3 Å². The Hall–Kier alpha value is -4.47. The van der Waals surface area contributed by atoms with Crippen molar-refractivity contribution >= 4 is 21.8 Å². The van der Waals surface area contributed by atoms with Crippen LogP contribution in [0.1, 0.15) is 93.1 Å². The molecule has 6 heteroatoms. The normalized spacial score (nSPS) is 11.8. The molecule has 7 rings (SSSR count). The average Bonchev–Trinajstić information content (AvgIpc) is 3.57. The first-order chi connectivity index (χ1) is 24.3. The molecule has 0 saturated heterocycles. The molecule has 4 aromatic carbocycles. The smallest absolute Gasteiger partial charge is 0.509 e. The number of hydrogen-bond acceptors (Lipinski definition) is 3. The van der Waals surface area contributed by atoms with Gasteiger partial charge in [0.2, 0.25) is 0 Å². The van der Waals surface area contributed by atoms with Crippen LogP contribution in [0.4, 0.5) is 0 Å². The quantitative estimate of drug-likeness (QED) is 0.143. The molecule has 7 aromatic rings. The molecule has 0 bridgehead atoms. The van der Waals surface area contributed by atoms with Crippen LogP contribution in [-0.2, 0) is 32.9 Å². The molecule has 268 valence electrons. The van der Waals surface area contributed by atoms with Crippen LogP contribution in [0.5, 0.6) is 11.5 Å². The van der Waals surface area contributed by atoms with Gasteiger partial charge in [0.15, 0.2) is 0 Å². The van der Waals surface area contributed by atoms with Crippen LogP contribution in [0.25, 0.3) is 44.4 Å². The largest absolute Gasteiger partial charge is 2.00 e. The molecule has 0 amide bonds. The monoisotopic (exact) mass is 867 g/mol. The van der Waals surface area contributed by atoms with E-state index in [0.29, 0.717) is 17.4 Å². The van der Waals surface area contributed by atoms with Crippen molar-refractivity contribution in [3.8, 4) is 34.1 Å². The Morgan fingerprint density at radius 1 is 0.808 bits per heavy atom. The molecule has 0 aliphatic carbocycles. The molecule has 3 aromatic heterocycles. The summed E-state index contributed by atoms with van der Waals surface area (Å²) >= 11 is 0. The number of hydrogen-bond donors (Lipinski definition) is 0. The Morgan fingerprint density at radius 2 is 1.54 bits per heavy atom. The van der Waals surface area contributed by atoms with E-state index in [1.807, 2.05) is 16.9 Å². The predicted octanol–water partition coefficient (Wildman–Crippen LogP) is 12.0. The van der Waals surface area contributed by atoms with Crippen molar-refractivity contribution in [2.75, 3.05) is 0 Å². The van der Waals surface area contributed by atoms with Gasteiger partial charge in [-0.15, -0.1) is 41.3 Å². The van der Waals surface area contributed by atoms with E-state index in [0.717, 1.165) is 63.1 Å². The second-order valence-corrected chi connectivity index (χ2v) is 15.3. The first-order valence-corrected chi connectivity index (χ1v) is 18.2. The Labute approximate surface area is 323 Å². The third-order valence-electron chi connectivity index (χ3n) is 10.0. The molecule has 0 unspecified atom stereocenters. The maximum absolute atomic E-state index is 6.68. The molecule has 0 N–H and O–H groups in total. The van der Waals surface area contributed by atoms with Crippen LogP contribution in [0.2, 0.25) is 0 Å². The van der Waals surface area contributed by atoms with Crippen molar-refractivity contribution in [1.82, 2.24) is 19.3 Å². The number of aryl methyl sites for hydroxylation is 4. The molecular weight excluding hydrogens is 820 g/mol. The van der Waals surface area contributed by atoms with Crippen LogP contribution in [0.3, 0.4) is 0 Å². The van der Waals surface area contributed by atoms with Gasteiger partial charge in [0.1, 0.15) is 5.82 Å². The zero-order valence-corrected chi connectivity index (χ0v) is 34.3. The minimum absolute atomic E-state index is 0. The first-order valence-electron chi connectivity index (χ1n) is 18.2. The maximum atomic E-state index is 6.68. The summed E-state index contributed by atoms with van der Waals surface area (Å²) in [6.45, 7) is 22.1. The summed E-state index contributed by atoms with van der Waals surface area (Å²) in [5.74, 6) is 2.61. The molecule has 5 nitrogen and oxygen atoms in total. The first kappa shape index (κ1) is 37.3. The number of ether oxygens (including phenoxy) is 1. The standard InChI is InChI=1S/C46H48N4O.Pt/c1-11-14-33-19-20-47-43(23-33)49-41-16-13-12-15-39(41)40-18-17-37(27-42(40)49)51-38-25-35(46(8,9)10)24-36(26-38)50-32(7)45(31(6)48-50)44-29(4)21-34(28(2)3)22-30(44)5;/h12-13,15-25,28H,11,14H2,1-10H3;/q-2;+2. The van der Waals surface area contributed by atoms with E-state index in [-0.39, 0.29) is 26.5 Å². The summed E-state index contributed by atoms with van der Waals surface area (Å²) in [7, 11) is 0. The van der Waals surface area contributed by atoms with Gasteiger partial charge in [-0.2, -0.15) is 11.2 Å². The van der Waals surface area contributed by atoms with Gasteiger partial charge in [0.05, 0.1) is 5.69 Å². The van der Waals surface area contributed by atoms with Crippen molar-refractivity contribution < 1.29 is 25.8 Å². The van der Waals surface area contributed by atoms with Crippen LogP contribution in [0.15, 0.2) is 79.0 Å². The maximum Gasteiger partial charge on any atom is 2.00 e. The van der Waals surface area contributed by atoms with Crippen molar-refractivity contribution in [2.24, 2.45) is 0 Å². The van der Waals surface area contributed by atoms with E-state index in [9.17, 15) is 0 Å². The molecule has 0 fully saturated rings. The van der Waals surface area contributed by atoms with Crippen molar-refractivity contribution in [1.29, 1.82) is 0 Å². The predicted molar refractivity (Wildman–Crippen MR) is 211 cm³/mol. The van der Waals surface area contributed by atoms with E-state index < -0.39 is 0 Å². The molecular formula is C46H48N4OPt. The van der Waals surface area contributed by atoms with E-state index in [1.54, 1.807) is 0 Å². The third kappa shape index (κ3) is 6.88. The van der Waals surface area contributed by atoms with Gasteiger partial charge in [-0.05, 0) is 103 Å². The molecule has 3 heterocycles. The van der Waals surface area contributed by atoms with Gasteiger partial charge in [-0.3, -0.25) is 4.68 Å². The minimum atomic E-state index is -0.129. The number of benzene rings is 4. The summed E-state index contributed by atoms with van der Waals surface area (Å²) in [5.41, 5.74) is 13.6. The fourth-order valence-corrected chi connectivity index (χ4v) is 7.41. The van der Waals surface area contributed by atoms with Gasteiger partial charge < -0.3 is 9.30 Å². The number of para-hydroxylation sites is 1. The number of nitrogens with zero attached hydrogens (tertiary/aromatic N) is 4. The molecule has 0 spiro atoms. The molecule has 0 radical (unpaired) electrons. The fraction of sp³-hybridized carbons (Fsp3) is 0.304. The summed E-state index contributed by atoms with van der Waals surface area (Å²) in [6, 6.07) is 33.1. The fourth-order valence-electron chi connectivity index (χ4n) is 7.41. The minimum Gasteiger partial charge on any atom is -0.509 e. The summed E-state index contributed by atoms with van der Waals surface area (Å²) < 4.78 is 10.9. The summed E-state index contributed by atoms with van der Waals surface area (Å²) in [4.78, 5) is 4.81. The molecule has 0 saturated carbocycles. The molecule has 52 heavy (non-hydrogen) atoms. The van der Waals surface area contributed by atoms with Crippen molar-refractivity contribution in [3.05, 3.63) is 130 Å². The topological polar surface area (TPSA) is 44.9 Å². The van der Waals surface area contributed by atoms with E-state index >= 15 is 0 Å². The Morgan fingerprint density at radius 3 is 2.23 bits per heavy atom. The van der Waals surface area contributed by atoms with Gasteiger partial charge >= 0.3 is 21.1 Å². The second kappa shape index (κ2) is 14.5. The van der Waals surface area contributed by atoms with E-state index in [2.05, 4.69) is 153 Å². The molecule has 0 atom stereocenters. The van der Waals surface area contributed by atoms with Crippen molar-refractivity contribution in [2.45, 2.75) is 93.4 Å². The van der Waals surface area contributed by atoms with E-state index in [4.69, 9.17) is 14.8 Å². The summed E-state index contributed by atoms with van der Waals surface area (Å²) in [6.07, 6.45) is 3.99. The van der Waals surface area contributed by atoms with Crippen LogP contribution < -0.4 is 4.74 Å². The van der Waals surface area contributed by atoms with Gasteiger partial charge in [0, 0.05) is 34.5 Å². The van der Waals surface area contributed by atoms with E-state index in [1.165, 1.54) is 33.4 Å². The molecule has 0 aliphatic rings. The zero-order chi connectivity index (χ0) is 36.2. The van der Waals surface area contributed by atoms with Gasteiger partial charge in [0.25, 0.3) is 0 Å². The Balaban J connectivity index is 0.00000464. The third-order valence-corrected chi connectivity index (χ3v) is 10.0. The number of fused-ring (bicyclic) bond motifs is 3. The number of rotatable bonds is 8. The van der Waals surface area contributed by atoms with Gasteiger partial charge in [-0.25, -0.2) is 4.98 Å². The average molecular weight is 868 g/mol. The SMILES string of the molecule is CCCc1ccnc(-n2c3[c-]c(Oc4[c-]c(-n5nc(C)c(-c6c(C)cc(C(C)C)cc6C)c5C)cc(C(C)(C)C)c4)ccc3c3ccccc32)c1.[Pt+2]. The number of aromatic nitrogens is 4. The Bertz CT molecular complexity index is 2400. The van der Waals surface area contributed by atoms with Crippen molar-refractivity contribution in [3.63, 3.8) is 0 Å². The zero-order valence-electron chi connectivity index (χ0n) is 32.0. The second-order valence-electron chi connectivity index (χ2n) is 15.3. The van der Waals surface area contributed by atoms with Crippen LogP contribution >= 0.6 is 0 Å². The summed E-state index contributed by atoms with van der Waals surface area (Å²) in [5, 5.41) is 7.38.